The van der Waals surface area contributed by atoms with Crippen LogP contribution < -0.4 is 5.56 Å². The molecular weight excluding hydrogens is 288 g/mol. The van der Waals surface area contributed by atoms with Gasteiger partial charge in [-0.1, -0.05) is 13.8 Å². The van der Waals surface area contributed by atoms with Gasteiger partial charge in [0.05, 0.1) is 0 Å². The molecule has 118 valence electrons. The first-order chi connectivity index (χ1) is 10.7. The topological polar surface area (TPSA) is 105 Å². The fourth-order valence-corrected chi connectivity index (χ4v) is 1.85. The molecule has 0 amide bonds. The van der Waals surface area contributed by atoms with Crippen LogP contribution in [0.3, 0.4) is 0 Å². The lowest BCUT2D eigenvalue weighted by Gasteiger charge is -2.06. The Balaban J connectivity index is 2.04. The number of rotatable bonds is 7. The van der Waals surface area contributed by atoms with E-state index in [-0.39, 0.29) is 17.9 Å². The van der Waals surface area contributed by atoms with Gasteiger partial charge in [0.15, 0.2) is 18.1 Å². The predicted molar refractivity (Wildman–Crippen MR) is 76.0 cm³/mol. The Morgan fingerprint density at radius 3 is 2.64 bits per heavy atom. The summed E-state index contributed by atoms with van der Waals surface area (Å²) < 4.78 is 7.98. The molecule has 0 aliphatic heterocycles. The molecule has 2 rings (SSSR count). The maximum Gasteiger partial charge on any atom is 0.359 e. The van der Waals surface area contributed by atoms with Crippen molar-refractivity contribution in [1.82, 2.24) is 30.0 Å². The number of ether oxygens (including phenoxy) is 1. The van der Waals surface area contributed by atoms with Gasteiger partial charge in [0, 0.05) is 19.2 Å². The summed E-state index contributed by atoms with van der Waals surface area (Å²) in [5.74, 6) is -0.145. The van der Waals surface area contributed by atoms with E-state index in [1.165, 1.54) is 16.8 Å². The molecule has 0 aliphatic carbocycles. The van der Waals surface area contributed by atoms with Crippen LogP contribution in [0.1, 0.15) is 43.0 Å². The molecule has 0 aliphatic rings. The van der Waals surface area contributed by atoms with Crippen LogP contribution in [0.25, 0.3) is 0 Å². The summed E-state index contributed by atoms with van der Waals surface area (Å²) in [6.07, 6.45) is 1.62. The Hall–Kier alpha value is -2.58. The first-order valence-corrected chi connectivity index (χ1v) is 7.16. The second-order valence-corrected chi connectivity index (χ2v) is 4.67. The highest BCUT2D eigenvalue weighted by atomic mass is 16.5. The van der Waals surface area contributed by atoms with Gasteiger partial charge < -0.3 is 4.74 Å². The molecule has 0 radical (unpaired) electrons. The first-order valence-electron chi connectivity index (χ1n) is 7.16. The molecule has 0 unspecified atom stereocenters. The molecule has 9 nitrogen and oxygen atoms in total. The van der Waals surface area contributed by atoms with E-state index in [2.05, 4.69) is 20.6 Å². The third-order valence-corrected chi connectivity index (χ3v) is 2.89. The highest BCUT2D eigenvalue weighted by molar-refractivity contribution is 5.86. The molecule has 0 bridgehead atoms. The van der Waals surface area contributed by atoms with E-state index in [9.17, 15) is 9.59 Å². The lowest BCUT2D eigenvalue weighted by Crippen LogP contribution is -2.24. The van der Waals surface area contributed by atoms with E-state index in [1.807, 2.05) is 13.8 Å². The van der Waals surface area contributed by atoms with Crippen molar-refractivity contribution in [2.45, 2.75) is 46.4 Å². The summed E-state index contributed by atoms with van der Waals surface area (Å²) in [7, 11) is 0. The van der Waals surface area contributed by atoms with Gasteiger partial charge in [0.25, 0.3) is 5.56 Å². The standard InChI is InChI=1S/C13H18N6O3/c1-3-7-18-11(14-16-17-18)9-22-13(21)10-5-6-12(20)19(15-10)8-4-2/h5-6H,3-4,7-9H2,1-2H3. The average Bonchev–Trinajstić information content (AvgIpc) is 2.95. The van der Waals surface area contributed by atoms with Crippen molar-refractivity contribution in [2.75, 3.05) is 0 Å². The number of nitrogens with zero attached hydrogens (tertiary/aromatic N) is 6. The van der Waals surface area contributed by atoms with Crippen LogP contribution in [-0.4, -0.2) is 36.0 Å². The number of carbonyl (C=O) groups excluding carboxylic acids is 1. The van der Waals surface area contributed by atoms with Crippen molar-refractivity contribution in [2.24, 2.45) is 0 Å². The summed E-state index contributed by atoms with van der Waals surface area (Å²) in [6, 6.07) is 2.66. The van der Waals surface area contributed by atoms with Gasteiger partial charge >= 0.3 is 5.97 Å². The molecule has 0 saturated carbocycles. The molecule has 0 atom stereocenters. The van der Waals surface area contributed by atoms with Gasteiger partial charge in [-0.2, -0.15) is 5.10 Å². The minimum atomic E-state index is -0.615. The maximum atomic E-state index is 12.0. The van der Waals surface area contributed by atoms with Crippen LogP contribution in [0, 0.1) is 0 Å². The van der Waals surface area contributed by atoms with Crippen molar-refractivity contribution >= 4 is 5.97 Å². The molecule has 22 heavy (non-hydrogen) atoms. The summed E-state index contributed by atoms with van der Waals surface area (Å²) in [5, 5.41) is 15.2. The monoisotopic (exact) mass is 306 g/mol. The molecule has 0 saturated heterocycles. The maximum absolute atomic E-state index is 12.0. The van der Waals surface area contributed by atoms with E-state index in [0.717, 1.165) is 12.8 Å². The van der Waals surface area contributed by atoms with Crippen molar-refractivity contribution < 1.29 is 9.53 Å². The zero-order valence-electron chi connectivity index (χ0n) is 12.6. The molecule has 2 heterocycles. The van der Waals surface area contributed by atoms with Crippen LogP contribution in [0.5, 0.6) is 0 Å². The van der Waals surface area contributed by atoms with Crippen molar-refractivity contribution in [1.29, 1.82) is 0 Å². The summed E-state index contributed by atoms with van der Waals surface area (Å²) in [6.45, 7) is 4.99. The number of hydrogen-bond acceptors (Lipinski definition) is 7. The average molecular weight is 306 g/mol. The van der Waals surface area contributed by atoms with Crippen molar-refractivity contribution in [3.8, 4) is 0 Å². The van der Waals surface area contributed by atoms with Gasteiger partial charge in [0.2, 0.25) is 0 Å². The Morgan fingerprint density at radius 1 is 1.18 bits per heavy atom. The Kier molecular flexibility index (Phi) is 5.34. The molecule has 0 N–H and O–H groups in total. The summed E-state index contributed by atoms with van der Waals surface area (Å²) in [5.41, 5.74) is -0.159. The number of carbonyl (C=O) groups is 1. The van der Waals surface area contributed by atoms with Gasteiger partial charge in [-0.25, -0.2) is 14.2 Å². The second-order valence-electron chi connectivity index (χ2n) is 4.67. The lowest BCUT2D eigenvalue weighted by molar-refractivity contribution is 0.0446. The Labute approximate surface area is 126 Å². The smallest absolute Gasteiger partial charge is 0.359 e. The predicted octanol–water partition coefficient (Wildman–Crippen LogP) is 0.407. The zero-order chi connectivity index (χ0) is 15.9. The molecule has 0 aromatic carbocycles. The number of hydrogen-bond donors (Lipinski definition) is 0. The van der Waals surface area contributed by atoms with E-state index < -0.39 is 5.97 Å². The van der Waals surface area contributed by atoms with Gasteiger partial charge in [-0.15, -0.1) is 5.10 Å². The number of aromatic nitrogens is 6. The highest BCUT2D eigenvalue weighted by Gasteiger charge is 2.13. The van der Waals surface area contributed by atoms with E-state index in [1.54, 1.807) is 4.68 Å². The molecular formula is C13H18N6O3. The van der Waals surface area contributed by atoms with Gasteiger partial charge in [0.1, 0.15) is 0 Å². The fraction of sp³-hybridized carbons (Fsp3) is 0.538. The van der Waals surface area contributed by atoms with Crippen molar-refractivity contribution in [3.63, 3.8) is 0 Å². The van der Waals surface area contributed by atoms with Crippen LogP contribution in [0.4, 0.5) is 0 Å². The lowest BCUT2D eigenvalue weighted by atomic mass is 10.4. The van der Waals surface area contributed by atoms with E-state index in [0.29, 0.717) is 18.9 Å². The molecule has 0 fully saturated rings. The van der Waals surface area contributed by atoms with Crippen LogP contribution in [-0.2, 0) is 24.4 Å². The quantitative estimate of drug-likeness (QED) is 0.682. The Bertz CT molecular complexity index is 693. The van der Waals surface area contributed by atoms with Crippen molar-refractivity contribution in [3.05, 3.63) is 34.0 Å². The van der Waals surface area contributed by atoms with Crippen LogP contribution >= 0.6 is 0 Å². The molecule has 2 aromatic rings. The first kappa shape index (κ1) is 15.8. The normalized spacial score (nSPS) is 10.6. The van der Waals surface area contributed by atoms with E-state index in [4.69, 9.17) is 4.74 Å². The third kappa shape index (κ3) is 3.74. The fourth-order valence-electron chi connectivity index (χ4n) is 1.85. The number of esters is 1. The SMILES string of the molecule is CCCn1nnnc1COC(=O)c1ccc(=O)n(CCC)n1. The minimum Gasteiger partial charge on any atom is -0.453 e. The number of aryl methyl sites for hydroxylation is 2. The van der Waals surface area contributed by atoms with Crippen LogP contribution in [0.15, 0.2) is 16.9 Å². The van der Waals surface area contributed by atoms with Gasteiger partial charge in [-0.3, -0.25) is 4.79 Å². The summed E-state index contributed by atoms with van der Waals surface area (Å²) in [4.78, 5) is 23.6. The largest absolute Gasteiger partial charge is 0.453 e. The zero-order valence-corrected chi connectivity index (χ0v) is 12.6. The highest BCUT2D eigenvalue weighted by Crippen LogP contribution is 2.01. The molecule has 9 heteroatoms. The second kappa shape index (κ2) is 7.43. The molecule has 2 aromatic heterocycles. The molecule has 0 spiro atoms. The van der Waals surface area contributed by atoms with Crippen LogP contribution in [0.2, 0.25) is 0 Å². The Morgan fingerprint density at radius 2 is 1.91 bits per heavy atom. The van der Waals surface area contributed by atoms with E-state index >= 15 is 0 Å². The third-order valence-electron chi connectivity index (χ3n) is 2.89. The van der Waals surface area contributed by atoms with Gasteiger partial charge in [-0.05, 0) is 29.3 Å². The summed E-state index contributed by atoms with van der Waals surface area (Å²) >= 11 is 0. The minimum absolute atomic E-state index is 0.0413. The number of tetrazole rings is 1.